The van der Waals surface area contributed by atoms with Crippen molar-refractivity contribution in [3.63, 3.8) is 0 Å². The number of nitriles is 1. The van der Waals surface area contributed by atoms with Gasteiger partial charge in [0.05, 0.1) is 23.0 Å². The Morgan fingerprint density at radius 2 is 2.28 bits per heavy atom. The monoisotopic (exact) mass is 241 g/mol. The molecule has 2 rings (SSSR count). The molecule has 5 nitrogen and oxygen atoms in total. The Hall–Kier alpha value is -2.48. The topological polar surface area (TPSA) is 79.7 Å². The second-order valence-corrected chi connectivity index (χ2v) is 4.04. The molecule has 92 valence electrons. The first-order valence-corrected chi connectivity index (χ1v) is 5.71. The molecule has 18 heavy (non-hydrogen) atoms. The summed E-state index contributed by atoms with van der Waals surface area (Å²) in [7, 11) is 1.92. The molecule has 2 aromatic rings. The fourth-order valence-electron chi connectivity index (χ4n) is 1.77. The predicted octanol–water partition coefficient (Wildman–Crippen LogP) is 1.53. The highest BCUT2D eigenvalue weighted by Gasteiger charge is 2.01. The molecule has 0 saturated carbocycles. The Labute approximate surface area is 106 Å². The van der Waals surface area contributed by atoms with Crippen molar-refractivity contribution < 1.29 is 0 Å². The second kappa shape index (κ2) is 5.23. The van der Waals surface area contributed by atoms with Gasteiger partial charge in [-0.2, -0.15) is 10.4 Å². The number of hydrogen-bond acceptors (Lipinski definition) is 4. The average Bonchev–Trinajstić information content (AvgIpc) is 2.77. The van der Waals surface area contributed by atoms with Crippen LogP contribution in [0.2, 0.25) is 0 Å². The molecular weight excluding hydrogens is 226 g/mol. The molecule has 0 spiro atoms. The van der Waals surface area contributed by atoms with Crippen LogP contribution in [0.15, 0.2) is 30.5 Å². The van der Waals surface area contributed by atoms with Crippen molar-refractivity contribution in [2.24, 2.45) is 7.05 Å². The molecule has 3 N–H and O–H groups in total. The zero-order valence-electron chi connectivity index (χ0n) is 10.2. The Morgan fingerprint density at radius 3 is 2.89 bits per heavy atom. The zero-order valence-corrected chi connectivity index (χ0v) is 10.2. The molecule has 0 amide bonds. The third-order valence-electron chi connectivity index (χ3n) is 2.80. The maximum atomic E-state index is 8.75. The lowest BCUT2D eigenvalue weighted by atomic mass is 10.2. The average molecular weight is 241 g/mol. The molecule has 5 heteroatoms. The minimum absolute atomic E-state index is 0.574. The highest BCUT2D eigenvalue weighted by molar-refractivity contribution is 5.68. The lowest BCUT2D eigenvalue weighted by molar-refractivity contribution is 0.711. The van der Waals surface area contributed by atoms with Gasteiger partial charge in [0.25, 0.3) is 0 Å². The first kappa shape index (κ1) is 12.0. The molecule has 0 radical (unpaired) electrons. The van der Waals surface area contributed by atoms with Gasteiger partial charge in [0.1, 0.15) is 0 Å². The molecule has 1 heterocycles. The number of nitrogens with one attached hydrogen (secondary N) is 1. The molecule has 0 aliphatic heterocycles. The fraction of sp³-hybridized carbons (Fsp3) is 0.231. The normalized spacial score (nSPS) is 10.0. The summed E-state index contributed by atoms with van der Waals surface area (Å²) in [6.07, 6.45) is 2.65. The molecule has 0 aliphatic carbocycles. The van der Waals surface area contributed by atoms with Crippen molar-refractivity contribution in [1.82, 2.24) is 9.78 Å². The van der Waals surface area contributed by atoms with Gasteiger partial charge >= 0.3 is 0 Å². The summed E-state index contributed by atoms with van der Waals surface area (Å²) in [5.74, 6) is 0. The van der Waals surface area contributed by atoms with E-state index in [1.54, 1.807) is 18.3 Å². The number of nitrogens with zero attached hydrogens (tertiary/aromatic N) is 3. The summed E-state index contributed by atoms with van der Waals surface area (Å²) in [6, 6.07) is 9.31. The second-order valence-electron chi connectivity index (χ2n) is 4.04. The molecule has 0 aliphatic rings. The van der Waals surface area contributed by atoms with Crippen LogP contribution in [0.3, 0.4) is 0 Å². The molecule has 1 aromatic heterocycles. The van der Waals surface area contributed by atoms with Crippen molar-refractivity contribution in [2.45, 2.75) is 6.42 Å². The summed E-state index contributed by atoms with van der Waals surface area (Å²) in [5, 5.41) is 16.1. The standard InChI is InChI=1S/C13H15N5/c1-18-11(5-7-17-18)4-6-16-13-3-2-10(9-14)8-12(13)15/h2-3,5,7-8,16H,4,6,15H2,1H3. The van der Waals surface area contributed by atoms with E-state index in [0.717, 1.165) is 24.3 Å². The van der Waals surface area contributed by atoms with Crippen LogP contribution in [-0.2, 0) is 13.5 Å². The minimum Gasteiger partial charge on any atom is -0.397 e. The van der Waals surface area contributed by atoms with Gasteiger partial charge in [-0.25, -0.2) is 0 Å². The number of nitrogen functional groups attached to an aromatic ring is 1. The SMILES string of the molecule is Cn1nccc1CCNc1ccc(C#N)cc1N. The number of aromatic nitrogens is 2. The van der Waals surface area contributed by atoms with Gasteiger partial charge in [0, 0.05) is 31.9 Å². The van der Waals surface area contributed by atoms with Crippen LogP contribution >= 0.6 is 0 Å². The number of anilines is 2. The summed E-state index contributed by atoms with van der Waals surface area (Å²) >= 11 is 0. The zero-order chi connectivity index (χ0) is 13.0. The van der Waals surface area contributed by atoms with Crippen molar-refractivity contribution in [3.8, 4) is 6.07 Å². The lowest BCUT2D eigenvalue weighted by Crippen LogP contribution is -2.09. The number of benzene rings is 1. The minimum atomic E-state index is 0.574. The van der Waals surface area contributed by atoms with E-state index < -0.39 is 0 Å². The first-order valence-electron chi connectivity index (χ1n) is 5.71. The molecule has 0 unspecified atom stereocenters. The predicted molar refractivity (Wildman–Crippen MR) is 71.0 cm³/mol. The van der Waals surface area contributed by atoms with Gasteiger partial charge in [-0.1, -0.05) is 0 Å². The highest BCUT2D eigenvalue weighted by Crippen LogP contribution is 2.19. The van der Waals surface area contributed by atoms with Gasteiger partial charge in [-0.15, -0.1) is 0 Å². The van der Waals surface area contributed by atoms with Crippen molar-refractivity contribution >= 4 is 11.4 Å². The van der Waals surface area contributed by atoms with Crippen molar-refractivity contribution in [3.05, 3.63) is 41.7 Å². The molecule has 0 bridgehead atoms. The lowest BCUT2D eigenvalue weighted by Gasteiger charge is -2.09. The van der Waals surface area contributed by atoms with Crippen LogP contribution in [0, 0.1) is 11.3 Å². The van der Waals surface area contributed by atoms with Crippen LogP contribution in [0.4, 0.5) is 11.4 Å². The van der Waals surface area contributed by atoms with Gasteiger partial charge in [-0.05, 0) is 24.3 Å². The van der Waals surface area contributed by atoms with Crippen LogP contribution in [0.25, 0.3) is 0 Å². The van der Waals surface area contributed by atoms with Crippen molar-refractivity contribution in [2.75, 3.05) is 17.6 Å². The van der Waals surface area contributed by atoms with E-state index in [1.807, 2.05) is 23.9 Å². The molecular formula is C13H15N5. The van der Waals surface area contributed by atoms with Gasteiger partial charge in [0.15, 0.2) is 0 Å². The Kier molecular flexibility index (Phi) is 3.49. The van der Waals surface area contributed by atoms with Crippen LogP contribution in [0.5, 0.6) is 0 Å². The molecule has 0 atom stereocenters. The summed E-state index contributed by atoms with van der Waals surface area (Å²) in [6.45, 7) is 0.773. The van der Waals surface area contributed by atoms with Gasteiger partial charge in [0.2, 0.25) is 0 Å². The summed E-state index contributed by atoms with van der Waals surface area (Å²) in [5.41, 5.74) is 9.04. The fourth-order valence-corrected chi connectivity index (χ4v) is 1.77. The van der Waals surface area contributed by atoms with E-state index in [-0.39, 0.29) is 0 Å². The quantitative estimate of drug-likeness (QED) is 0.795. The molecule has 0 fully saturated rings. The Morgan fingerprint density at radius 1 is 1.44 bits per heavy atom. The highest BCUT2D eigenvalue weighted by atomic mass is 15.3. The number of rotatable bonds is 4. The maximum Gasteiger partial charge on any atom is 0.0992 e. The van der Waals surface area contributed by atoms with E-state index >= 15 is 0 Å². The van der Waals surface area contributed by atoms with Gasteiger partial charge in [-0.3, -0.25) is 4.68 Å². The van der Waals surface area contributed by atoms with E-state index in [4.69, 9.17) is 11.0 Å². The number of nitrogens with two attached hydrogens (primary N) is 1. The van der Waals surface area contributed by atoms with E-state index in [0.29, 0.717) is 11.3 Å². The van der Waals surface area contributed by atoms with Crippen LogP contribution in [0.1, 0.15) is 11.3 Å². The summed E-state index contributed by atoms with van der Waals surface area (Å²) in [4.78, 5) is 0. The van der Waals surface area contributed by atoms with E-state index in [9.17, 15) is 0 Å². The first-order chi connectivity index (χ1) is 8.70. The smallest absolute Gasteiger partial charge is 0.0992 e. The van der Waals surface area contributed by atoms with Crippen LogP contribution in [-0.4, -0.2) is 16.3 Å². The van der Waals surface area contributed by atoms with E-state index in [2.05, 4.69) is 16.5 Å². The van der Waals surface area contributed by atoms with E-state index in [1.165, 1.54) is 0 Å². The van der Waals surface area contributed by atoms with Crippen LogP contribution < -0.4 is 11.1 Å². The Bertz CT molecular complexity index is 579. The third kappa shape index (κ3) is 2.61. The van der Waals surface area contributed by atoms with Crippen molar-refractivity contribution in [1.29, 1.82) is 5.26 Å². The van der Waals surface area contributed by atoms with Gasteiger partial charge < -0.3 is 11.1 Å². The largest absolute Gasteiger partial charge is 0.397 e. The maximum absolute atomic E-state index is 8.75. The third-order valence-corrected chi connectivity index (χ3v) is 2.80. The summed E-state index contributed by atoms with van der Waals surface area (Å²) < 4.78 is 1.85. The molecule has 1 aromatic carbocycles. The molecule has 0 saturated heterocycles. The number of aryl methyl sites for hydroxylation is 1. The Balaban J connectivity index is 1.95. The number of hydrogen-bond donors (Lipinski definition) is 2.